The quantitative estimate of drug-likeness (QED) is 0.491. The molecule has 3 aromatic carbocycles. The van der Waals surface area contributed by atoms with E-state index in [9.17, 15) is 9.90 Å². The smallest absolute Gasteiger partial charge is 0.309 e. The van der Waals surface area contributed by atoms with Crippen molar-refractivity contribution in [3.63, 3.8) is 0 Å². The van der Waals surface area contributed by atoms with E-state index in [0.29, 0.717) is 0 Å². The lowest BCUT2D eigenvalue weighted by molar-refractivity contribution is -0.136. The zero-order valence-electron chi connectivity index (χ0n) is 13.9. The molecule has 5 rings (SSSR count). The number of nitrogens with one attached hydrogen (secondary N) is 1. The lowest BCUT2D eigenvalue weighted by atomic mass is 10.1. The van der Waals surface area contributed by atoms with E-state index < -0.39 is 5.97 Å². The number of benzene rings is 3. The van der Waals surface area contributed by atoms with Crippen LogP contribution in [0.5, 0.6) is 0 Å². The molecule has 26 heavy (non-hydrogen) atoms. The number of carboxylic acids is 1. The van der Waals surface area contributed by atoms with Crippen LogP contribution in [-0.2, 0) is 11.2 Å². The number of carboxylic acid groups (broad SMARTS) is 1. The molecule has 2 N–H and O–H groups in total. The molecule has 2 aromatic heterocycles. The highest BCUT2D eigenvalue weighted by molar-refractivity contribution is 6.07. The highest BCUT2D eigenvalue weighted by Crippen LogP contribution is 2.30. The minimum absolute atomic E-state index is 0.0145. The zero-order valence-corrected chi connectivity index (χ0v) is 13.9. The Morgan fingerprint density at radius 1 is 0.885 bits per heavy atom. The predicted molar refractivity (Wildman–Crippen MR) is 104 cm³/mol. The highest BCUT2D eigenvalue weighted by atomic mass is 16.4. The SMILES string of the molecule is O=C(O)Cc1cc2ccccc2n1-c1ccc2c(c1)[nH]c1ccccc12. The number of nitrogens with zero attached hydrogens (tertiary/aromatic N) is 1. The summed E-state index contributed by atoms with van der Waals surface area (Å²) < 4.78 is 2.04. The molecule has 0 atom stereocenters. The summed E-state index contributed by atoms with van der Waals surface area (Å²) in [5.41, 5.74) is 4.89. The molecular weight excluding hydrogens is 324 g/mol. The summed E-state index contributed by atoms with van der Waals surface area (Å²) >= 11 is 0. The van der Waals surface area contributed by atoms with Gasteiger partial charge in [0.15, 0.2) is 0 Å². The first-order chi connectivity index (χ1) is 12.7. The maximum Gasteiger partial charge on any atom is 0.309 e. The van der Waals surface area contributed by atoms with E-state index in [2.05, 4.69) is 35.3 Å². The summed E-state index contributed by atoms with van der Waals surface area (Å²) in [5, 5.41) is 12.7. The molecular formula is C22H16N2O2. The molecule has 0 spiro atoms. The fourth-order valence-electron chi connectivity index (χ4n) is 3.78. The Morgan fingerprint density at radius 2 is 1.65 bits per heavy atom. The van der Waals surface area contributed by atoms with Crippen molar-refractivity contribution < 1.29 is 9.90 Å². The van der Waals surface area contributed by atoms with Crippen molar-refractivity contribution in [2.75, 3.05) is 0 Å². The van der Waals surface area contributed by atoms with Gasteiger partial charge in [0, 0.05) is 38.6 Å². The van der Waals surface area contributed by atoms with E-state index in [0.717, 1.165) is 33.3 Å². The molecule has 0 fully saturated rings. The molecule has 0 saturated carbocycles. The van der Waals surface area contributed by atoms with Gasteiger partial charge in [-0.25, -0.2) is 0 Å². The standard InChI is InChI=1S/C22H16N2O2/c25-22(26)13-16-11-14-5-1-4-8-21(14)24(16)15-9-10-18-17-6-2-3-7-19(17)23-20(18)12-15/h1-12,23H,13H2,(H,25,26). The summed E-state index contributed by atoms with van der Waals surface area (Å²) in [6.45, 7) is 0. The first kappa shape index (κ1) is 14.8. The molecule has 0 saturated heterocycles. The molecule has 0 bridgehead atoms. The Balaban J connectivity index is 1.78. The van der Waals surface area contributed by atoms with Gasteiger partial charge >= 0.3 is 5.97 Å². The number of H-pyrrole nitrogens is 1. The molecule has 0 aliphatic carbocycles. The number of fused-ring (bicyclic) bond motifs is 4. The fourth-order valence-corrected chi connectivity index (χ4v) is 3.78. The van der Waals surface area contributed by atoms with Crippen molar-refractivity contribution in [2.45, 2.75) is 6.42 Å². The van der Waals surface area contributed by atoms with Gasteiger partial charge in [-0.15, -0.1) is 0 Å². The molecule has 5 aromatic rings. The number of rotatable bonds is 3. The van der Waals surface area contributed by atoms with Crippen molar-refractivity contribution in [1.82, 2.24) is 9.55 Å². The number of aliphatic carboxylic acids is 1. The van der Waals surface area contributed by atoms with Crippen LogP contribution in [0.2, 0.25) is 0 Å². The molecule has 4 heteroatoms. The normalized spacial score (nSPS) is 11.5. The van der Waals surface area contributed by atoms with E-state index in [1.807, 2.05) is 47.0 Å². The number of aromatic amines is 1. The van der Waals surface area contributed by atoms with Gasteiger partial charge in [0.25, 0.3) is 0 Å². The second kappa shape index (κ2) is 5.49. The zero-order chi connectivity index (χ0) is 17.7. The molecule has 0 amide bonds. The van der Waals surface area contributed by atoms with Gasteiger partial charge in [-0.2, -0.15) is 0 Å². The van der Waals surface area contributed by atoms with Crippen LogP contribution in [-0.4, -0.2) is 20.6 Å². The van der Waals surface area contributed by atoms with E-state index in [-0.39, 0.29) is 6.42 Å². The van der Waals surface area contributed by atoms with Crippen molar-refractivity contribution in [2.24, 2.45) is 0 Å². The summed E-state index contributed by atoms with van der Waals surface area (Å²) in [5.74, 6) is -0.833. The van der Waals surface area contributed by atoms with Gasteiger partial charge < -0.3 is 14.7 Å². The second-order valence-electron chi connectivity index (χ2n) is 6.50. The molecule has 0 aliphatic heterocycles. The van der Waals surface area contributed by atoms with Crippen LogP contribution in [0.3, 0.4) is 0 Å². The number of aromatic nitrogens is 2. The number of hydrogen-bond donors (Lipinski definition) is 2. The Morgan fingerprint density at radius 3 is 2.54 bits per heavy atom. The van der Waals surface area contributed by atoms with Gasteiger partial charge in [-0.05, 0) is 30.3 Å². The van der Waals surface area contributed by atoms with Crippen molar-refractivity contribution >= 4 is 38.7 Å². The van der Waals surface area contributed by atoms with Gasteiger partial charge in [-0.3, -0.25) is 4.79 Å². The second-order valence-corrected chi connectivity index (χ2v) is 6.50. The summed E-state index contributed by atoms with van der Waals surface area (Å²) in [6.07, 6.45) is -0.0145. The Kier molecular flexibility index (Phi) is 3.12. The van der Waals surface area contributed by atoms with Crippen molar-refractivity contribution in [3.8, 4) is 5.69 Å². The Hall–Kier alpha value is -3.53. The summed E-state index contributed by atoms with van der Waals surface area (Å²) in [7, 11) is 0. The summed E-state index contributed by atoms with van der Waals surface area (Å²) in [6, 6.07) is 24.4. The maximum atomic E-state index is 11.3. The third-order valence-corrected chi connectivity index (χ3v) is 4.87. The van der Waals surface area contributed by atoms with Gasteiger partial charge in [-0.1, -0.05) is 42.5 Å². The molecule has 0 unspecified atom stereocenters. The molecule has 0 aliphatic rings. The molecule has 2 heterocycles. The van der Waals surface area contributed by atoms with Crippen LogP contribution in [0.1, 0.15) is 5.69 Å². The number of carbonyl (C=O) groups is 1. The van der Waals surface area contributed by atoms with E-state index in [1.165, 1.54) is 10.8 Å². The summed E-state index contributed by atoms with van der Waals surface area (Å²) in [4.78, 5) is 14.8. The van der Waals surface area contributed by atoms with Crippen LogP contribution in [0.25, 0.3) is 38.4 Å². The topological polar surface area (TPSA) is 58.0 Å². The van der Waals surface area contributed by atoms with Crippen LogP contribution >= 0.6 is 0 Å². The lowest BCUT2D eigenvalue weighted by Gasteiger charge is -2.10. The average molecular weight is 340 g/mol. The first-order valence-corrected chi connectivity index (χ1v) is 8.53. The van der Waals surface area contributed by atoms with Gasteiger partial charge in [0.05, 0.1) is 11.9 Å². The highest BCUT2D eigenvalue weighted by Gasteiger charge is 2.14. The van der Waals surface area contributed by atoms with Crippen LogP contribution in [0.4, 0.5) is 0 Å². The Bertz CT molecular complexity index is 1290. The lowest BCUT2D eigenvalue weighted by Crippen LogP contribution is -2.06. The van der Waals surface area contributed by atoms with Gasteiger partial charge in [0.1, 0.15) is 0 Å². The monoisotopic (exact) mass is 340 g/mol. The van der Waals surface area contributed by atoms with Gasteiger partial charge in [0.2, 0.25) is 0 Å². The minimum atomic E-state index is -0.833. The van der Waals surface area contributed by atoms with Crippen LogP contribution in [0, 0.1) is 0 Å². The Labute approximate surface area is 149 Å². The fraction of sp³-hybridized carbons (Fsp3) is 0.0455. The van der Waals surface area contributed by atoms with E-state index >= 15 is 0 Å². The third kappa shape index (κ3) is 2.19. The van der Waals surface area contributed by atoms with Crippen molar-refractivity contribution in [3.05, 3.63) is 78.5 Å². The van der Waals surface area contributed by atoms with E-state index in [4.69, 9.17) is 0 Å². The number of hydrogen-bond acceptors (Lipinski definition) is 1. The maximum absolute atomic E-state index is 11.3. The molecule has 126 valence electrons. The molecule has 0 radical (unpaired) electrons. The van der Waals surface area contributed by atoms with Crippen LogP contribution < -0.4 is 0 Å². The average Bonchev–Trinajstić information content (AvgIpc) is 3.17. The van der Waals surface area contributed by atoms with E-state index in [1.54, 1.807) is 0 Å². The van der Waals surface area contributed by atoms with Crippen LogP contribution in [0.15, 0.2) is 72.8 Å². The van der Waals surface area contributed by atoms with Crippen molar-refractivity contribution in [1.29, 1.82) is 0 Å². The third-order valence-electron chi connectivity index (χ3n) is 4.87. The largest absolute Gasteiger partial charge is 0.481 e. The predicted octanol–water partition coefficient (Wildman–Crippen LogP) is 4.89. The first-order valence-electron chi connectivity index (χ1n) is 8.53. The minimum Gasteiger partial charge on any atom is -0.481 e. The molecule has 4 nitrogen and oxygen atoms in total. The number of para-hydroxylation sites is 2.